The van der Waals surface area contributed by atoms with Gasteiger partial charge in [-0.25, -0.2) is 0 Å². The molecule has 1 N–H and O–H groups in total. The molecule has 1 aromatic carbocycles. The highest BCUT2D eigenvalue weighted by Crippen LogP contribution is 2.25. The second kappa shape index (κ2) is 4.10. The molecule has 2 aromatic heterocycles. The summed E-state index contributed by atoms with van der Waals surface area (Å²) in [5.41, 5.74) is 3.57. The van der Waals surface area contributed by atoms with Crippen molar-refractivity contribution in [3.8, 4) is 5.75 Å². The Labute approximate surface area is 116 Å². The number of nitrogens with one attached hydrogen (secondary N) is 1. The van der Waals surface area contributed by atoms with Gasteiger partial charge in [0.25, 0.3) is 0 Å². The Morgan fingerprint density at radius 3 is 2.80 bits per heavy atom. The van der Waals surface area contributed by atoms with E-state index >= 15 is 0 Å². The smallest absolute Gasteiger partial charge is 0.238 e. The summed E-state index contributed by atoms with van der Waals surface area (Å²) >= 11 is 0. The lowest BCUT2D eigenvalue weighted by atomic mass is 10.1. The van der Waals surface area contributed by atoms with Crippen molar-refractivity contribution in [3.63, 3.8) is 0 Å². The molecular weight excluding hydrogens is 248 g/mol. The molecule has 4 rings (SSSR count). The maximum absolute atomic E-state index is 5.36. The fourth-order valence-corrected chi connectivity index (χ4v) is 3.19. The van der Waals surface area contributed by atoms with Gasteiger partial charge in [0.15, 0.2) is 0 Å². The molecule has 0 radical (unpaired) electrons. The van der Waals surface area contributed by atoms with E-state index in [4.69, 9.17) is 4.74 Å². The van der Waals surface area contributed by atoms with E-state index in [1.165, 1.54) is 27.0 Å². The third kappa shape index (κ3) is 1.49. The molecule has 0 aliphatic heterocycles. The van der Waals surface area contributed by atoms with Crippen LogP contribution in [0.25, 0.3) is 34.1 Å². The van der Waals surface area contributed by atoms with E-state index < -0.39 is 0 Å². The molecule has 20 heavy (non-hydrogen) atoms. The molecule has 0 spiro atoms. The predicted molar refractivity (Wildman–Crippen MR) is 80.9 cm³/mol. The number of pyridine rings is 1. The summed E-state index contributed by atoms with van der Waals surface area (Å²) in [6.07, 6.45) is 6.90. The van der Waals surface area contributed by atoms with Crippen LogP contribution < -0.4 is 19.9 Å². The van der Waals surface area contributed by atoms with E-state index in [2.05, 4.69) is 46.9 Å². The second-order valence-electron chi connectivity index (χ2n) is 5.33. The van der Waals surface area contributed by atoms with E-state index in [0.717, 1.165) is 24.1 Å². The van der Waals surface area contributed by atoms with Crippen molar-refractivity contribution in [3.05, 3.63) is 34.8 Å². The highest BCUT2D eigenvalue weighted by Gasteiger charge is 2.16. The molecule has 0 saturated carbocycles. The summed E-state index contributed by atoms with van der Waals surface area (Å²) in [7, 11) is 3.85. The monoisotopic (exact) mass is 265 g/mol. The van der Waals surface area contributed by atoms with Crippen molar-refractivity contribution < 1.29 is 9.30 Å². The van der Waals surface area contributed by atoms with Gasteiger partial charge in [0.1, 0.15) is 18.3 Å². The van der Waals surface area contributed by atoms with E-state index in [-0.39, 0.29) is 0 Å². The minimum atomic E-state index is 0.895. The number of fused-ring (bicyclic) bond motifs is 4. The summed E-state index contributed by atoms with van der Waals surface area (Å²) in [5.74, 6) is 0.895. The number of aromatic nitrogens is 2. The van der Waals surface area contributed by atoms with Gasteiger partial charge in [0.05, 0.1) is 18.0 Å². The summed E-state index contributed by atoms with van der Waals surface area (Å²) in [6, 6.07) is 8.44. The van der Waals surface area contributed by atoms with E-state index in [9.17, 15) is 0 Å². The number of benzene rings is 1. The minimum Gasteiger partial charge on any atom is -0.497 e. The molecule has 0 bridgehead atoms. The Hall–Kier alpha value is -2.29. The highest BCUT2D eigenvalue weighted by molar-refractivity contribution is 6.03. The highest BCUT2D eigenvalue weighted by atomic mass is 16.5. The van der Waals surface area contributed by atoms with Gasteiger partial charge in [-0.05, 0) is 43.2 Å². The van der Waals surface area contributed by atoms with Crippen molar-refractivity contribution in [1.29, 1.82) is 0 Å². The van der Waals surface area contributed by atoms with Gasteiger partial charge in [-0.1, -0.05) is 6.08 Å². The molecule has 100 valence electrons. The fraction of sp³-hybridized carbons (Fsp3) is 0.235. The molecule has 0 saturated heterocycles. The Bertz CT molecular complexity index is 951. The lowest BCUT2D eigenvalue weighted by Crippen LogP contribution is -2.55. The summed E-state index contributed by atoms with van der Waals surface area (Å²) in [4.78, 5) is 3.51. The van der Waals surface area contributed by atoms with Gasteiger partial charge in [-0.15, -0.1) is 0 Å². The van der Waals surface area contributed by atoms with Crippen LogP contribution >= 0.6 is 0 Å². The minimum absolute atomic E-state index is 0.895. The molecule has 0 amide bonds. The fourth-order valence-electron chi connectivity index (χ4n) is 3.19. The van der Waals surface area contributed by atoms with Crippen LogP contribution in [0.15, 0.2) is 24.3 Å². The van der Waals surface area contributed by atoms with Gasteiger partial charge in [0, 0.05) is 5.22 Å². The van der Waals surface area contributed by atoms with Crippen molar-refractivity contribution in [2.75, 3.05) is 7.11 Å². The van der Waals surface area contributed by atoms with Crippen LogP contribution in [0.1, 0.15) is 12.8 Å². The van der Waals surface area contributed by atoms with Gasteiger partial charge in [0.2, 0.25) is 10.9 Å². The average molecular weight is 265 g/mol. The zero-order valence-corrected chi connectivity index (χ0v) is 11.7. The molecule has 0 unspecified atom stereocenters. The molecule has 1 aliphatic rings. The number of ether oxygens (including phenoxy) is 1. The number of methoxy groups -OCH3 is 1. The van der Waals surface area contributed by atoms with Crippen molar-refractivity contribution in [1.82, 2.24) is 4.98 Å². The van der Waals surface area contributed by atoms with Gasteiger partial charge >= 0.3 is 0 Å². The number of rotatable bonds is 1. The molecular formula is C17H17N2O+. The number of H-pyrrole nitrogens is 1. The summed E-state index contributed by atoms with van der Waals surface area (Å²) < 4.78 is 7.65. The molecule has 3 nitrogen and oxygen atoms in total. The van der Waals surface area contributed by atoms with Crippen LogP contribution in [-0.4, -0.2) is 12.1 Å². The first kappa shape index (κ1) is 11.5. The normalized spacial score (nSPS) is 13.9. The Balaban J connectivity index is 2.24. The largest absolute Gasteiger partial charge is 0.497 e. The molecule has 3 heteroatoms. The first-order valence-corrected chi connectivity index (χ1v) is 6.97. The number of hydrogen-bond acceptors (Lipinski definition) is 1. The SMILES string of the molecule is COc1ccc2[nH]c3cc4c([n+](C)c3c2c1)=CCCC=4. The van der Waals surface area contributed by atoms with Crippen LogP contribution in [-0.2, 0) is 7.05 Å². The summed E-state index contributed by atoms with van der Waals surface area (Å²) in [6.45, 7) is 0. The number of aromatic amines is 1. The zero-order chi connectivity index (χ0) is 13.7. The van der Waals surface area contributed by atoms with E-state index in [1.54, 1.807) is 7.11 Å². The van der Waals surface area contributed by atoms with E-state index in [1.807, 2.05) is 6.07 Å². The van der Waals surface area contributed by atoms with Crippen LogP contribution in [0.2, 0.25) is 0 Å². The lowest BCUT2D eigenvalue weighted by Gasteiger charge is -2.00. The average Bonchev–Trinajstić information content (AvgIpc) is 2.84. The maximum Gasteiger partial charge on any atom is 0.238 e. The number of nitrogens with zero attached hydrogens (tertiary/aromatic N) is 1. The van der Waals surface area contributed by atoms with Crippen LogP contribution in [0.3, 0.4) is 0 Å². The standard InChI is InChI=1S/C17H16N2O/c1-19-16-6-4-3-5-11(16)9-15-17(19)13-10-12(20-2)7-8-14(13)18-15/h5-10H,3-4H2,1-2H3/p+1. The van der Waals surface area contributed by atoms with Crippen molar-refractivity contribution in [2.24, 2.45) is 7.05 Å². The zero-order valence-electron chi connectivity index (χ0n) is 11.7. The van der Waals surface area contributed by atoms with Crippen molar-refractivity contribution in [2.45, 2.75) is 12.8 Å². The Morgan fingerprint density at radius 1 is 1.10 bits per heavy atom. The predicted octanol–water partition coefficient (Wildman–Crippen LogP) is 1.51. The van der Waals surface area contributed by atoms with Gasteiger partial charge < -0.3 is 9.72 Å². The first-order valence-electron chi connectivity index (χ1n) is 6.97. The molecule has 3 aromatic rings. The third-order valence-corrected chi connectivity index (χ3v) is 4.17. The number of hydrogen-bond donors (Lipinski definition) is 1. The summed E-state index contributed by atoms with van der Waals surface area (Å²) in [5, 5.41) is 3.85. The second-order valence-corrected chi connectivity index (χ2v) is 5.33. The number of aryl methyl sites for hydroxylation is 1. The first-order chi connectivity index (χ1) is 9.78. The van der Waals surface area contributed by atoms with Gasteiger partial charge in [-0.2, -0.15) is 4.57 Å². The van der Waals surface area contributed by atoms with Crippen molar-refractivity contribution >= 4 is 34.1 Å². The third-order valence-electron chi connectivity index (χ3n) is 4.17. The topological polar surface area (TPSA) is 28.9 Å². The molecule has 2 heterocycles. The van der Waals surface area contributed by atoms with Crippen LogP contribution in [0.5, 0.6) is 5.75 Å². The molecule has 1 aliphatic carbocycles. The molecule has 0 fully saturated rings. The Kier molecular flexibility index (Phi) is 2.36. The lowest BCUT2D eigenvalue weighted by molar-refractivity contribution is -0.658. The molecule has 0 atom stereocenters. The quantitative estimate of drug-likeness (QED) is 0.664. The van der Waals surface area contributed by atoms with Crippen LogP contribution in [0, 0.1) is 0 Å². The van der Waals surface area contributed by atoms with Crippen LogP contribution in [0.4, 0.5) is 0 Å². The maximum atomic E-state index is 5.36. The Morgan fingerprint density at radius 2 is 1.95 bits per heavy atom. The van der Waals surface area contributed by atoms with E-state index in [0.29, 0.717) is 0 Å². The van der Waals surface area contributed by atoms with Gasteiger partial charge in [-0.3, -0.25) is 0 Å².